The fourth-order valence-electron chi connectivity index (χ4n) is 5.01. The Morgan fingerprint density at radius 1 is 1.10 bits per heavy atom. The Labute approximate surface area is 217 Å². The Morgan fingerprint density at radius 3 is 2.56 bits per heavy atom. The van der Waals surface area contributed by atoms with Gasteiger partial charge < -0.3 is 15.5 Å². The lowest BCUT2D eigenvalue weighted by atomic mass is 9.93. The van der Waals surface area contributed by atoms with E-state index in [1.165, 1.54) is 9.80 Å². The zero-order valence-electron chi connectivity index (χ0n) is 20.2. The maximum absolute atomic E-state index is 14.9. The lowest BCUT2D eigenvalue weighted by molar-refractivity contribution is -0.327. The van der Waals surface area contributed by atoms with Crippen molar-refractivity contribution in [1.82, 2.24) is 24.6 Å². The largest absolute Gasteiger partial charge is 0.522 e. The molecule has 0 radical (unpaired) electrons. The summed E-state index contributed by atoms with van der Waals surface area (Å²) in [5.74, 6) is -4.46. The summed E-state index contributed by atoms with van der Waals surface area (Å²) in [5.41, 5.74) is 5.43. The molecule has 2 fully saturated rings. The van der Waals surface area contributed by atoms with E-state index >= 15 is 0 Å². The van der Waals surface area contributed by atoms with Gasteiger partial charge in [-0.1, -0.05) is 0 Å². The van der Waals surface area contributed by atoms with Crippen LogP contribution in [0, 0.1) is 17.5 Å². The highest BCUT2D eigenvalue weighted by Crippen LogP contribution is 2.35. The molecule has 0 spiro atoms. The molecule has 0 bridgehead atoms. The molecule has 2 amide bonds. The molecule has 15 heteroatoms. The average Bonchev–Trinajstić information content (AvgIpc) is 3.43. The molecule has 9 nitrogen and oxygen atoms in total. The monoisotopic (exact) mass is 556 g/mol. The number of nitrogens with zero attached hydrogens (tertiary/aromatic N) is 5. The first-order valence-corrected chi connectivity index (χ1v) is 12.0. The van der Waals surface area contributed by atoms with E-state index in [9.17, 15) is 35.9 Å². The molecule has 2 N–H and O–H groups in total. The molecule has 0 aliphatic carbocycles. The molecule has 4 heterocycles. The second-order valence-electron chi connectivity index (χ2n) is 9.46. The molecule has 0 saturated carbocycles. The number of pyridine rings is 1. The van der Waals surface area contributed by atoms with Crippen LogP contribution < -0.4 is 5.73 Å². The first kappa shape index (κ1) is 26.7. The van der Waals surface area contributed by atoms with Crippen LogP contribution in [0.4, 0.5) is 32.2 Å². The van der Waals surface area contributed by atoms with Crippen LogP contribution in [0.1, 0.15) is 34.8 Å². The average molecular weight is 556 g/mol. The second-order valence-corrected chi connectivity index (χ2v) is 9.46. The van der Waals surface area contributed by atoms with Crippen LogP contribution in [0.2, 0.25) is 0 Å². The van der Waals surface area contributed by atoms with Gasteiger partial charge >= 0.3 is 6.36 Å². The number of aromatic nitrogens is 3. The minimum absolute atomic E-state index is 0.0177. The summed E-state index contributed by atoms with van der Waals surface area (Å²) in [6.07, 6.45) is -3.23. The zero-order chi connectivity index (χ0) is 28.1. The standard InChI is InChI=1S/C24H22F6N6O3/c25-13-4-16(26)21-18(5-13)36(10-20(37)35-3-1-2-14(35)11-39-24(28,29)30)33-22(21)12-8-34(9-12)23(38)15-6-19(31)32-7-17(15)27/h4-7,12,14H,1-3,8-11H2,(H2,31,32)/t14-/m0/s1. The first-order chi connectivity index (χ1) is 18.4. The number of benzene rings is 1. The third-order valence-corrected chi connectivity index (χ3v) is 6.88. The third-order valence-electron chi connectivity index (χ3n) is 6.88. The molecule has 2 saturated heterocycles. The van der Waals surface area contributed by atoms with Crippen LogP contribution in [0.15, 0.2) is 24.4 Å². The van der Waals surface area contributed by atoms with Crippen LogP contribution in [0.25, 0.3) is 10.9 Å². The molecular weight excluding hydrogens is 534 g/mol. The molecule has 3 aromatic rings. The Bertz CT molecular complexity index is 1440. The van der Waals surface area contributed by atoms with Gasteiger partial charge in [0.15, 0.2) is 5.82 Å². The number of halogens is 6. The van der Waals surface area contributed by atoms with Crippen molar-refractivity contribution >= 4 is 28.5 Å². The Morgan fingerprint density at radius 2 is 1.85 bits per heavy atom. The summed E-state index contributed by atoms with van der Waals surface area (Å²) in [6, 6.07) is 1.98. The van der Waals surface area contributed by atoms with Gasteiger partial charge in [0, 0.05) is 37.7 Å². The quantitative estimate of drug-likeness (QED) is 0.468. The minimum Gasteiger partial charge on any atom is -0.384 e. The Hall–Kier alpha value is -3.88. The minimum atomic E-state index is -4.84. The van der Waals surface area contributed by atoms with Gasteiger partial charge in [-0.05, 0) is 18.9 Å². The maximum Gasteiger partial charge on any atom is 0.522 e. The van der Waals surface area contributed by atoms with E-state index < -0.39 is 60.7 Å². The van der Waals surface area contributed by atoms with Gasteiger partial charge in [-0.25, -0.2) is 18.2 Å². The number of amides is 2. The Balaban J connectivity index is 1.36. The molecule has 1 atom stereocenters. The van der Waals surface area contributed by atoms with Crippen molar-refractivity contribution in [2.24, 2.45) is 0 Å². The number of ether oxygens (including phenoxy) is 1. The predicted octanol–water partition coefficient (Wildman–Crippen LogP) is 3.20. The summed E-state index contributed by atoms with van der Waals surface area (Å²) in [4.78, 5) is 31.9. The van der Waals surface area contributed by atoms with Crippen LogP contribution in [-0.4, -0.2) is 75.0 Å². The number of anilines is 1. The van der Waals surface area contributed by atoms with Gasteiger partial charge in [0.2, 0.25) is 5.91 Å². The van der Waals surface area contributed by atoms with Crippen LogP contribution in [0.3, 0.4) is 0 Å². The van der Waals surface area contributed by atoms with Gasteiger partial charge in [0.05, 0.1) is 41.0 Å². The number of fused-ring (bicyclic) bond motifs is 1. The number of nitrogens with two attached hydrogens (primary N) is 1. The number of hydrogen-bond donors (Lipinski definition) is 1. The summed E-state index contributed by atoms with van der Waals surface area (Å²) in [7, 11) is 0. The number of alkyl halides is 3. The highest BCUT2D eigenvalue weighted by Gasteiger charge is 2.38. The summed E-state index contributed by atoms with van der Waals surface area (Å²) in [6.45, 7) is -0.909. The normalized spacial score (nSPS) is 18.2. The van der Waals surface area contributed by atoms with E-state index in [1.54, 1.807) is 0 Å². The highest BCUT2D eigenvalue weighted by atomic mass is 19.4. The molecule has 5 rings (SSSR count). The van der Waals surface area contributed by atoms with Gasteiger partial charge in [0.25, 0.3) is 5.91 Å². The molecular formula is C24H22F6N6O3. The SMILES string of the molecule is Nc1cc(C(=O)N2CC(c3nn(CC(=O)N4CCC[C@H]4COC(F)(F)F)c4cc(F)cc(F)c34)C2)c(F)cn1. The summed E-state index contributed by atoms with van der Waals surface area (Å²) in [5, 5.41) is 4.30. The molecule has 2 aromatic heterocycles. The van der Waals surface area contributed by atoms with Crippen molar-refractivity contribution in [3.63, 3.8) is 0 Å². The maximum atomic E-state index is 14.9. The van der Waals surface area contributed by atoms with Crippen molar-refractivity contribution in [1.29, 1.82) is 0 Å². The van der Waals surface area contributed by atoms with E-state index in [0.717, 1.165) is 23.0 Å². The van der Waals surface area contributed by atoms with E-state index in [1.807, 2.05) is 0 Å². The summed E-state index contributed by atoms with van der Waals surface area (Å²) < 4.78 is 85.6. The van der Waals surface area contributed by atoms with Crippen LogP contribution >= 0.6 is 0 Å². The van der Waals surface area contributed by atoms with Crippen molar-refractivity contribution in [2.75, 3.05) is 32.0 Å². The lowest BCUT2D eigenvalue weighted by Crippen LogP contribution is -2.49. The van der Waals surface area contributed by atoms with Gasteiger partial charge in [-0.3, -0.25) is 19.0 Å². The van der Waals surface area contributed by atoms with Crippen molar-refractivity contribution in [3.8, 4) is 0 Å². The second kappa shape index (κ2) is 10.0. The fourth-order valence-corrected chi connectivity index (χ4v) is 5.01. The predicted molar refractivity (Wildman–Crippen MR) is 124 cm³/mol. The van der Waals surface area contributed by atoms with Gasteiger partial charge in [-0.15, -0.1) is 13.2 Å². The molecule has 208 valence electrons. The Kier molecular flexibility index (Phi) is 6.86. The van der Waals surface area contributed by atoms with E-state index in [2.05, 4.69) is 14.8 Å². The van der Waals surface area contributed by atoms with E-state index in [0.29, 0.717) is 18.9 Å². The number of carbonyl (C=O) groups excluding carboxylic acids is 2. The van der Waals surface area contributed by atoms with Crippen molar-refractivity contribution in [2.45, 2.75) is 37.7 Å². The number of rotatable bonds is 6. The van der Waals surface area contributed by atoms with Gasteiger partial charge in [-0.2, -0.15) is 5.10 Å². The number of carbonyl (C=O) groups is 2. The number of nitrogen functional groups attached to an aromatic ring is 1. The zero-order valence-corrected chi connectivity index (χ0v) is 20.2. The van der Waals surface area contributed by atoms with E-state index in [-0.39, 0.29) is 47.6 Å². The molecule has 0 unspecified atom stereocenters. The van der Waals surface area contributed by atoms with Crippen LogP contribution in [-0.2, 0) is 16.1 Å². The highest BCUT2D eigenvalue weighted by molar-refractivity contribution is 5.96. The van der Waals surface area contributed by atoms with E-state index in [4.69, 9.17) is 5.73 Å². The topological polar surface area (TPSA) is 107 Å². The molecule has 2 aliphatic rings. The lowest BCUT2D eigenvalue weighted by Gasteiger charge is -2.38. The fraction of sp³-hybridized carbons (Fsp3) is 0.417. The van der Waals surface area contributed by atoms with Crippen molar-refractivity contribution in [3.05, 3.63) is 53.1 Å². The van der Waals surface area contributed by atoms with Crippen LogP contribution in [0.5, 0.6) is 0 Å². The first-order valence-electron chi connectivity index (χ1n) is 12.0. The number of likely N-dealkylation sites (tertiary alicyclic amines) is 2. The third kappa shape index (κ3) is 5.35. The van der Waals surface area contributed by atoms with Crippen molar-refractivity contribution < 1.29 is 40.7 Å². The molecule has 2 aliphatic heterocycles. The molecule has 1 aromatic carbocycles. The summed E-state index contributed by atoms with van der Waals surface area (Å²) >= 11 is 0. The smallest absolute Gasteiger partial charge is 0.384 e. The molecule has 39 heavy (non-hydrogen) atoms. The van der Waals surface area contributed by atoms with Gasteiger partial charge in [0.1, 0.15) is 24.0 Å². The number of hydrogen-bond acceptors (Lipinski definition) is 6.